The van der Waals surface area contributed by atoms with Crippen molar-refractivity contribution in [3.8, 4) is 0 Å². The Balaban J connectivity index is 1.13. The van der Waals surface area contributed by atoms with Gasteiger partial charge in [0.2, 0.25) is 11.8 Å². The lowest BCUT2D eigenvalue weighted by Gasteiger charge is -2.15. The van der Waals surface area contributed by atoms with Crippen molar-refractivity contribution < 1.29 is 44.0 Å². The number of hydrogen-bond acceptors (Lipinski definition) is 9. The average Bonchev–Trinajstić information content (AvgIpc) is 3.89. The van der Waals surface area contributed by atoms with E-state index in [0.717, 1.165) is 11.1 Å². The number of carbonyl (C=O) groups excluding carboxylic acids is 2. The molecule has 0 saturated carbocycles. The first-order chi connectivity index (χ1) is 24.4. The van der Waals surface area contributed by atoms with Gasteiger partial charge < -0.3 is 25.6 Å². The average molecular weight is 697 g/mol. The van der Waals surface area contributed by atoms with E-state index in [1.165, 1.54) is 48.5 Å². The number of amides is 2. The molecule has 2 unspecified atom stereocenters. The Morgan fingerprint density at radius 3 is 1.20 bits per heavy atom. The fourth-order valence-corrected chi connectivity index (χ4v) is 5.78. The third-order valence-electron chi connectivity index (χ3n) is 8.39. The summed E-state index contributed by atoms with van der Waals surface area (Å²) in [7, 11) is 0. The molecule has 0 aliphatic carbocycles. The van der Waals surface area contributed by atoms with Crippen molar-refractivity contribution in [1.82, 2.24) is 0 Å². The lowest BCUT2D eigenvalue weighted by molar-refractivity contribution is -0.385. The predicted octanol–water partition coefficient (Wildman–Crippen LogP) is 6.49. The van der Waals surface area contributed by atoms with Gasteiger partial charge in [-0.3, -0.25) is 39.4 Å². The van der Waals surface area contributed by atoms with Crippen LogP contribution >= 0.6 is 0 Å². The molecule has 4 aromatic rings. The molecule has 4 N–H and O–H groups in total. The molecule has 15 nitrogen and oxygen atoms in total. The van der Waals surface area contributed by atoms with Crippen molar-refractivity contribution in [1.29, 1.82) is 0 Å². The molecule has 4 aromatic carbocycles. The number of epoxide rings is 1. The molecule has 0 aromatic heterocycles. The van der Waals surface area contributed by atoms with Crippen molar-refractivity contribution in [3.05, 3.63) is 140 Å². The zero-order chi connectivity index (χ0) is 36.7. The summed E-state index contributed by atoms with van der Waals surface area (Å²) < 4.78 is 5.88. The normalized spacial score (nSPS) is 15.9. The summed E-state index contributed by atoms with van der Waals surface area (Å²) >= 11 is 0. The van der Waals surface area contributed by atoms with Gasteiger partial charge in [0.1, 0.15) is 12.2 Å². The van der Waals surface area contributed by atoms with E-state index < -0.39 is 45.4 Å². The quantitative estimate of drug-likeness (QED) is 0.0561. The van der Waals surface area contributed by atoms with Crippen LogP contribution in [0.4, 0.5) is 22.7 Å². The van der Waals surface area contributed by atoms with Crippen LogP contribution in [0.3, 0.4) is 0 Å². The van der Waals surface area contributed by atoms with Crippen LogP contribution in [0.2, 0.25) is 0 Å². The van der Waals surface area contributed by atoms with Gasteiger partial charge in [-0.25, -0.2) is 0 Å². The van der Waals surface area contributed by atoms with Crippen molar-refractivity contribution in [2.24, 2.45) is 0 Å². The van der Waals surface area contributed by atoms with Crippen LogP contribution in [0, 0.1) is 20.2 Å². The van der Waals surface area contributed by atoms with Crippen LogP contribution in [-0.2, 0) is 23.9 Å². The summed E-state index contributed by atoms with van der Waals surface area (Å²) in [6.07, 6.45) is -1.41. The highest BCUT2D eigenvalue weighted by Crippen LogP contribution is 2.51. The van der Waals surface area contributed by atoms with Gasteiger partial charge in [-0.1, -0.05) is 48.5 Å². The lowest BCUT2D eigenvalue weighted by Crippen LogP contribution is -2.17. The molecule has 1 saturated heterocycles. The standard InChI is InChI=1S/C36H32N4O11/c41-31(17-25(19-33(43)44)21-5-13-29(14-6-21)39(47)48)37-27-9-1-23(2-10-27)35-36(51-35)24-3-11-28(12-4-24)38-32(42)18-26(20-34(45)46)22-7-15-30(16-8-22)40(49)50/h1-16,25-26,35-36H,17-20H2,(H,37,41)(H,38,42)(H,43,44)(H,45,46)/t25?,26?,35-,36-/m1/s1. The van der Waals surface area contributed by atoms with Crippen molar-refractivity contribution in [2.45, 2.75) is 49.7 Å². The summed E-state index contributed by atoms with van der Waals surface area (Å²) in [6, 6.07) is 24.9. The Bertz CT molecular complexity index is 1790. The number of nitro groups is 2. The minimum absolute atomic E-state index is 0.135. The smallest absolute Gasteiger partial charge is 0.303 e. The highest BCUT2D eigenvalue weighted by molar-refractivity contribution is 5.92. The number of carboxylic acid groups (broad SMARTS) is 2. The molecule has 4 atom stereocenters. The van der Waals surface area contributed by atoms with Crippen LogP contribution in [0.25, 0.3) is 0 Å². The number of hydrogen-bond donors (Lipinski definition) is 4. The molecule has 0 bridgehead atoms. The maximum Gasteiger partial charge on any atom is 0.303 e. The summed E-state index contributed by atoms with van der Waals surface area (Å²) in [6.45, 7) is 0. The van der Waals surface area contributed by atoms with Gasteiger partial charge in [0.25, 0.3) is 11.4 Å². The Hall–Kier alpha value is -6.48. The number of nitro benzene ring substituents is 2. The second-order valence-electron chi connectivity index (χ2n) is 12.0. The largest absolute Gasteiger partial charge is 0.481 e. The minimum Gasteiger partial charge on any atom is -0.481 e. The Morgan fingerprint density at radius 2 is 0.902 bits per heavy atom. The molecule has 0 spiro atoms. The molecule has 0 radical (unpaired) electrons. The fourth-order valence-electron chi connectivity index (χ4n) is 5.78. The van der Waals surface area contributed by atoms with Crippen LogP contribution in [0.15, 0.2) is 97.1 Å². The van der Waals surface area contributed by atoms with E-state index in [4.69, 9.17) is 4.74 Å². The number of aliphatic carboxylic acids is 2. The van der Waals surface area contributed by atoms with Gasteiger partial charge in [0.05, 0.1) is 22.7 Å². The van der Waals surface area contributed by atoms with E-state index in [2.05, 4.69) is 10.6 Å². The second kappa shape index (κ2) is 15.8. The first kappa shape index (κ1) is 35.8. The minimum atomic E-state index is -1.10. The van der Waals surface area contributed by atoms with Gasteiger partial charge >= 0.3 is 11.9 Å². The Morgan fingerprint density at radius 1 is 0.569 bits per heavy atom. The van der Waals surface area contributed by atoms with Crippen molar-refractivity contribution in [3.63, 3.8) is 0 Å². The zero-order valence-corrected chi connectivity index (χ0v) is 26.8. The molecule has 1 heterocycles. The lowest BCUT2D eigenvalue weighted by atomic mass is 9.92. The Labute approximate surface area is 290 Å². The molecule has 1 fully saturated rings. The highest BCUT2D eigenvalue weighted by atomic mass is 16.6. The monoisotopic (exact) mass is 696 g/mol. The maximum atomic E-state index is 12.8. The summed E-state index contributed by atoms with van der Waals surface area (Å²) in [5.41, 5.74) is 3.46. The number of ether oxygens (including phenoxy) is 1. The summed E-state index contributed by atoms with van der Waals surface area (Å²) in [5.74, 6) is -4.39. The van der Waals surface area contributed by atoms with Gasteiger partial charge in [-0.2, -0.15) is 0 Å². The first-order valence-electron chi connectivity index (χ1n) is 15.7. The number of benzene rings is 4. The topological polar surface area (TPSA) is 232 Å². The molecular formula is C36H32N4O11. The van der Waals surface area contributed by atoms with E-state index in [1.807, 2.05) is 0 Å². The number of nitrogens with zero attached hydrogens (tertiary/aromatic N) is 2. The molecule has 15 heteroatoms. The predicted molar refractivity (Wildman–Crippen MR) is 182 cm³/mol. The summed E-state index contributed by atoms with van der Waals surface area (Å²) in [5, 5.41) is 46.1. The van der Waals surface area contributed by atoms with Gasteiger partial charge in [0, 0.05) is 60.3 Å². The number of nitrogens with one attached hydrogen (secondary N) is 2. The zero-order valence-electron chi connectivity index (χ0n) is 26.8. The van der Waals surface area contributed by atoms with E-state index in [9.17, 15) is 49.6 Å². The van der Waals surface area contributed by atoms with Crippen LogP contribution < -0.4 is 10.6 Å². The Kier molecular flexibility index (Phi) is 11.1. The van der Waals surface area contributed by atoms with E-state index in [-0.39, 0.29) is 49.3 Å². The van der Waals surface area contributed by atoms with E-state index >= 15 is 0 Å². The molecule has 51 heavy (non-hydrogen) atoms. The SMILES string of the molecule is O=C(O)CC(CC(=O)Nc1ccc([C@H]2O[C@@H]2c2ccc(NC(=O)CC(CC(=O)O)c3ccc([N+](=O)[O-])cc3)cc2)cc1)c1ccc([N+](=O)[O-])cc1. The molecule has 1 aliphatic heterocycles. The van der Waals surface area contributed by atoms with Crippen molar-refractivity contribution in [2.75, 3.05) is 10.6 Å². The van der Waals surface area contributed by atoms with Gasteiger partial charge in [-0.05, 0) is 46.5 Å². The van der Waals surface area contributed by atoms with E-state index in [1.54, 1.807) is 48.5 Å². The highest BCUT2D eigenvalue weighted by Gasteiger charge is 2.41. The summed E-state index contributed by atoms with van der Waals surface area (Å²) in [4.78, 5) is 69.2. The fraction of sp³-hybridized carbons (Fsp3) is 0.222. The van der Waals surface area contributed by atoms with Crippen LogP contribution in [0.1, 0.15) is 72.0 Å². The molecule has 262 valence electrons. The van der Waals surface area contributed by atoms with E-state index in [0.29, 0.717) is 22.5 Å². The van der Waals surface area contributed by atoms with Gasteiger partial charge in [0.15, 0.2) is 0 Å². The molecule has 2 amide bonds. The molecule has 5 rings (SSSR count). The number of anilines is 2. The second-order valence-corrected chi connectivity index (χ2v) is 12.0. The van der Waals surface area contributed by atoms with Crippen LogP contribution in [-0.4, -0.2) is 43.8 Å². The van der Waals surface area contributed by atoms with Gasteiger partial charge in [-0.15, -0.1) is 0 Å². The van der Waals surface area contributed by atoms with Crippen molar-refractivity contribution >= 4 is 46.5 Å². The number of non-ortho nitro benzene ring substituents is 2. The number of carboxylic acids is 2. The van der Waals surface area contributed by atoms with Crippen LogP contribution in [0.5, 0.6) is 0 Å². The third kappa shape index (κ3) is 9.79. The first-order valence-corrected chi connectivity index (χ1v) is 15.7. The molecule has 1 aliphatic rings. The number of rotatable bonds is 16. The molecular weight excluding hydrogens is 664 g/mol. The third-order valence-corrected chi connectivity index (χ3v) is 8.39. The number of carbonyl (C=O) groups is 4. The maximum absolute atomic E-state index is 12.8.